The van der Waals surface area contributed by atoms with E-state index < -0.39 is 10.8 Å². The van der Waals surface area contributed by atoms with Gasteiger partial charge >= 0.3 is 0 Å². The van der Waals surface area contributed by atoms with Crippen LogP contribution in [0, 0.1) is 6.92 Å². The molecule has 17 heavy (non-hydrogen) atoms. The van der Waals surface area contributed by atoms with Crippen LogP contribution in [0.25, 0.3) is 0 Å². The van der Waals surface area contributed by atoms with Crippen molar-refractivity contribution in [3.05, 3.63) is 11.9 Å². The fraction of sp³-hybridized carbons (Fsp3) is 0.636. The van der Waals surface area contributed by atoms with E-state index in [1.165, 1.54) is 6.33 Å². The van der Waals surface area contributed by atoms with Gasteiger partial charge in [0.15, 0.2) is 0 Å². The van der Waals surface area contributed by atoms with E-state index in [1.807, 2.05) is 20.8 Å². The van der Waals surface area contributed by atoms with Gasteiger partial charge in [0.1, 0.15) is 18.0 Å². The fourth-order valence-electron chi connectivity index (χ4n) is 1.33. The lowest BCUT2D eigenvalue weighted by Gasteiger charge is -2.14. The summed E-state index contributed by atoms with van der Waals surface area (Å²) in [7, 11) is -0.821. The smallest absolute Gasteiger partial charge is 0.134 e. The normalized spacial score (nSPS) is 14.1. The Morgan fingerprint density at radius 1 is 1.35 bits per heavy atom. The third kappa shape index (κ3) is 3.96. The largest absolute Gasteiger partial charge is 0.370 e. The number of hydrogen-bond acceptors (Lipinski definition) is 5. The Hall–Kier alpha value is -1.17. The predicted octanol–water partition coefficient (Wildman–Crippen LogP) is 1.40. The molecule has 1 aromatic heterocycles. The Morgan fingerprint density at radius 3 is 2.47 bits per heavy atom. The van der Waals surface area contributed by atoms with Crippen molar-refractivity contribution in [3.63, 3.8) is 0 Å². The highest BCUT2D eigenvalue weighted by Crippen LogP contribution is 2.17. The van der Waals surface area contributed by atoms with E-state index in [0.717, 1.165) is 23.7 Å². The minimum atomic E-state index is -0.821. The SMILES string of the molecule is CCNc1ncnc(NCC(C)S(C)=O)c1C. The van der Waals surface area contributed by atoms with Crippen LogP contribution in [0.1, 0.15) is 19.4 Å². The van der Waals surface area contributed by atoms with Crippen LogP contribution in [0.4, 0.5) is 11.6 Å². The van der Waals surface area contributed by atoms with Gasteiger partial charge in [0, 0.05) is 41.0 Å². The van der Waals surface area contributed by atoms with E-state index >= 15 is 0 Å². The summed E-state index contributed by atoms with van der Waals surface area (Å²) < 4.78 is 11.2. The predicted molar refractivity (Wildman–Crippen MR) is 73.0 cm³/mol. The molecule has 0 radical (unpaired) electrons. The van der Waals surface area contributed by atoms with E-state index in [1.54, 1.807) is 6.26 Å². The van der Waals surface area contributed by atoms with Gasteiger partial charge in [-0.05, 0) is 20.8 Å². The molecule has 0 bridgehead atoms. The molecule has 2 unspecified atom stereocenters. The summed E-state index contributed by atoms with van der Waals surface area (Å²) in [6.07, 6.45) is 3.24. The first-order valence-electron chi connectivity index (χ1n) is 5.67. The highest BCUT2D eigenvalue weighted by Gasteiger charge is 2.09. The van der Waals surface area contributed by atoms with Gasteiger partial charge in [-0.3, -0.25) is 4.21 Å². The van der Waals surface area contributed by atoms with Gasteiger partial charge in [0.25, 0.3) is 0 Å². The average Bonchev–Trinajstić information content (AvgIpc) is 2.30. The Bertz CT molecular complexity index is 397. The molecule has 1 heterocycles. The van der Waals surface area contributed by atoms with Crippen molar-refractivity contribution in [1.82, 2.24) is 9.97 Å². The molecule has 1 rings (SSSR count). The minimum absolute atomic E-state index is 0.104. The van der Waals surface area contributed by atoms with Crippen molar-refractivity contribution in [2.45, 2.75) is 26.0 Å². The number of nitrogens with one attached hydrogen (secondary N) is 2. The van der Waals surface area contributed by atoms with E-state index in [0.29, 0.717) is 6.54 Å². The molecule has 0 aliphatic carbocycles. The monoisotopic (exact) mass is 256 g/mol. The maximum atomic E-state index is 11.2. The summed E-state index contributed by atoms with van der Waals surface area (Å²) in [6, 6.07) is 0. The van der Waals surface area contributed by atoms with Crippen LogP contribution in [0.3, 0.4) is 0 Å². The van der Waals surface area contributed by atoms with Crippen LogP contribution in [0.2, 0.25) is 0 Å². The molecule has 2 atom stereocenters. The molecule has 0 saturated carbocycles. The number of anilines is 2. The highest BCUT2D eigenvalue weighted by molar-refractivity contribution is 7.84. The molecular weight excluding hydrogens is 236 g/mol. The lowest BCUT2D eigenvalue weighted by molar-refractivity contribution is 0.678. The quantitative estimate of drug-likeness (QED) is 0.805. The van der Waals surface area contributed by atoms with Crippen LogP contribution in [0.15, 0.2) is 6.33 Å². The molecule has 0 aliphatic rings. The van der Waals surface area contributed by atoms with Gasteiger partial charge in [0.2, 0.25) is 0 Å². The number of nitrogens with zero attached hydrogens (tertiary/aromatic N) is 2. The first-order chi connectivity index (χ1) is 8.06. The highest BCUT2D eigenvalue weighted by atomic mass is 32.2. The Balaban J connectivity index is 2.71. The van der Waals surface area contributed by atoms with E-state index in [2.05, 4.69) is 20.6 Å². The molecule has 96 valence electrons. The van der Waals surface area contributed by atoms with Gasteiger partial charge in [-0.2, -0.15) is 0 Å². The second-order valence-corrected chi connectivity index (χ2v) is 5.72. The van der Waals surface area contributed by atoms with Crippen molar-refractivity contribution in [2.75, 3.05) is 30.0 Å². The second-order valence-electron chi connectivity index (χ2n) is 3.92. The van der Waals surface area contributed by atoms with Gasteiger partial charge in [-0.1, -0.05) is 0 Å². The van der Waals surface area contributed by atoms with Gasteiger partial charge in [0.05, 0.1) is 0 Å². The molecule has 6 heteroatoms. The molecule has 0 saturated heterocycles. The zero-order valence-electron chi connectivity index (χ0n) is 10.8. The van der Waals surface area contributed by atoms with Crippen molar-refractivity contribution in [1.29, 1.82) is 0 Å². The molecule has 0 spiro atoms. The van der Waals surface area contributed by atoms with Gasteiger partial charge in [-0.15, -0.1) is 0 Å². The number of rotatable bonds is 6. The molecular formula is C11H20N4OS. The van der Waals surface area contributed by atoms with Crippen LogP contribution in [-0.4, -0.2) is 38.8 Å². The molecule has 2 N–H and O–H groups in total. The van der Waals surface area contributed by atoms with Crippen molar-refractivity contribution < 1.29 is 4.21 Å². The van der Waals surface area contributed by atoms with E-state index in [4.69, 9.17) is 0 Å². The molecule has 1 aromatic rings. The van der Waals surface area contributed by atoms with Crippen LogP contribution < -0.4 is 10.6 Å². The molecule has 5 nitrogen and oxygen atoms in total. The standard InChI is InChI=1S/C11H20N4OS/c1-5-12-10-9(3)11(15-7-14-10)13-6-8(2)17(4)16/h7-8H,5-6H2,1-4H3,(H2,12,13,14,15). The maximum absolute atomic E-state index is 11.2. The lowest BCUT2D eigenvalue weighted by Crippen LogP contribution is -2.21. The van der Waals surface area contributed by atoms with E-state index in [-0.39, 0.29) is 5.25 Å². The van der Waals surface area contributed by atoms with Crippen LogP contribution in [-0.2, 0) is 10.8 Å². The Labute approximate surface area is 105 Å². The topological polar surface area (TPSA) is 66.9 Å². The van der Waals surface area contributed by atoms with E-state index in [9.17, 15) is 4.21 Å². The second kappa shape index (κ2) is 6.54. The minimum Gasteiger partial charge on any atom is -0.370 e. The number of hydrogen-bond donors (Lipinski definition) is 2. The van der Waals surface area contributed by atoms with Crippen LogP contribution in [0.5, 0.6) is 0 Å². The third-order valence-corrected chi connectivity index (χ3v) is 3.85. The zero-order chi connectivity index (χ0) is 12.8. The van der Waals surface area contributed by atoms with Gasteiger partial charge < -0.3 is 10.6 Å². The maximum Gasteiger partial charge on any atom is 0.134 e. The molecule has 0 fully saturated rings. The van der Waals surface area contributed by atoms with Crippen molar-refractivity contribution in [2.24, 2.45) is 0 Å². The molecule has 0 aliphatic heterocycles. The third-order valence-electron chi connectivity index (χ3n) is 2.55. The van der Waals surface area contributed by atoms with Crippen LogP contribution >= 0.6 is 0 Å². The van der Waals surface area contributed by atoms with Crippen molar-refractivity contribution in [3.8, 4) is 0 Å². The summed E-state index contributed by atoms with van der Waals surface area (Å²) in [6.45, 7) is 7.41. The Morgan fingerprint density at radius 2 is 1.94 bits per heavy atom. The summed E-state index contributed by atoms with van der Waals surface area (Å²) in [4.78, 5) is 8.36. The van der Waals surface area contributed by atoms with Crippen molar-refractivity contribution >= 4 is 22.4 Å². The average molecular weight is 256 g/mol. The summed E-state index contributed by atoms with van der Waals surface area (Å²) in [5.41, 5.74) is 0.989. The molecule has 0 amide bonds. The van der Waals surface area contributed by atoms with Gasteiger partial charge in [-0.25, -0.2) is 9.97 Å². The summed E-state index contributed by atoms with van der Waals surface area (Å²) >= 11 is 0. The zero-order valence-corrected chi connectivity index (χ0v) is 11.6. The first-order valence-corrected chi connectivity index (χ1v) is 7.30. The summed E-state index contributed by atoms with van der Waals surface area (Å²) in [5, 5.41) is 6.49. The number of aromatic nitrogens is 2. The summed E-state index contributed by atoms with van der Waals surface area (Å²) in [5.74, 6) is 1.64. The Kier molecular flexibility index (Phi) is 5.34. The molecule has 0 aromatic carbocycles. The lowest BCUT2D eigenvalue weighted by atomic mass is 10.3. The first kappa shape index (κ1) is 13.9. The fourth-order valence-corrected chi connectivity index (χ4v) is 1.65.